The van der Waals surface area contributed by atoms with Crippen molar-refractivity contribution >= 4 is 17.2 Å². The van der Waals surface area contributed by atoms with E-state index >= 15 is 0 Å². The highest BCUT2D eigenvalue weighted by molar-refractivity contribution is 7.80. The summed E-state index contributed by atoms with van der Waals surface area (Å²) >= 11 is 4.74. The average Bonchev–Trinajstić information content (AvgIpc) is 2.24. The molecule has 82 valence electrons. The van der Waals surface area contributed by atoms with Crippen LogP contribution in [0.3, 0.4) is 0 Å². The van der Waals surface area contributed by atoms with E-state index in [2.05, 4.69) is 0 Å². The number of nitrogens with two attached hydrogens (primary N) is 1. The fourth-order valence-electron chi connectivity index (χ4n) is 1.13. The molecule has 3 nitrogen and oxygen atoms in total. The van der Waals surface area contributed by atoms with Gasteiger partial charge in [-0.25, -0.2) is 0 Å². The van der Waals surface area contributed by atoms with Crippen LogP contribution in [0.25, 0.3) is 0 Å². The topological polar surface area (TPSA) is 44.5 Å². The number of thiocarbonyl (C=S) groups is 1. The summed E-state index contributed by atoms with van der Waals surface area (Å²) in [5, 5.41) is 0. The molecule has 2 N–H and O–H groups in total. The molecule has 0 radical (unpaired) electrons. The van der Waals surface area contributed by atoms with E-state index in [1.807, 2.05) is 24.3 Å². The first-order valence-electron chi connectivity index (χ1n) is 4.71. The highest BCUT2D eigenvalue weighted by Gasteiger charge is 1.96. The van der Waals surface area contributed by atoms with Gasteiger partial charge in [-0.1, -0.05) is 24.4 Å². The van der Waals surface area contributed by atoms with Crippen LogP contribution >= 0.6 is 12.2 Å². The first-order chi connectivity index (χ1) is 7.22. The molecule has 0 amide bonds. The Morgan fingerprint density at radius 2 is 2.27 bits per heavy atom. The minimum absolute atomic E-state index is 0.487. The summed E-state index contributed by atoms with van der Waals surface area (Å²) in [7, 11) is 1.65. The molecule has 0 bridgehead atoms. The molecule has 0 aromatic heterocycles. The van der Waals surface area contributed by atoms with Gasteiger partial charge in [0.1, 0.15) is 5.75 Å². The number of benzene rings is 1. The minimum atomic E-state index is 0.487. The quantitative estimate of drug-likeness (QED) is 0.593. The molecule has 0 aliphatic carbocycles. The maximum atomic E-state index is 5.41. The third kappa shape index (κ3) is 4.76. The molecule has 0 saturated carbocycles. The Morgan fingerprint density at radius 1 is 1.47 bits per heavy atom. The Morgan fingerprint density at radius 3 is 2.93 bits per heavy atom. The summed E-state index contributed by atoms with van der Waals surface area (Å²) in [4.78, 5) is 0.487. The van der Waals surface area contributed by atoms with E-state index in [0.29, 0.717) is 24.6 Å². The predicted molar refractivity (Wildman–Crippen MR) is 64.1 cm³/mol. The number of methoxy groups -OCH3 is 1. The average molecular weight is 225 g/mol. The summed E-state index contributed by atoms with van der Waals surface area (Å²) in [6.07, 6.45) is 0.624. The van der Waals surface area contributed by atoms with Gasteiger partial charge in [0.25, 0.3) is 0 Å². The summed E-state index contributed by atoms with van der Waals surface area (Å²) in [6.45, 7) is 1.12. The van der Waals surface area contributed by atoms with Gasteiger partial charge in [0.2, 0.25) is 0 Å². The molecule has 0 fully saturated rings. The molecular weight excluding hydrogens is 210 g/mol. The van der Waals surface area contributed by atoms with Gasteiger partial charge in [-0.2, -0.15) is 0 Å². The van der Waals surface area contributed by atoms with Gasteiger partial charge in [-0.3, -0.25) is 0 Å². The second-order valence-electron chi connectivity index (χ2n) is 3.12. The molecule has 0 aliphatic heterocycles. The van der Waals surface area contributed by atoms with Crippen molar-refractivity contribution in [2.24, 2.45) is 5.73 Å². The Kier molecular flexibility index (Phi) is 5.07. The lowest BCUT2D eigenvalue weighted by Gasteiger charge is -2.05. The number of ether oxygens (including phenoxy) is 2. The van der Waals surface area contributed by atoms with E-state index in [1.165, 1.54) is 0 Å². The standard InChI is InChI=1S/C11H15NO2S/c1-13-10-4-2-3-9(7-10)8-14-6-5-11(12)15/h2-4,7H,5-6,8H2,1H3,(H2,12,15). The van der Waals surface area contributed by atoms with Crippen molar-refractivity contribution in [3.05, 3.63) is 29.8 Å². The monoisotopic (exact) mass is 225 g/mol. The van der Waals surface area contributed by atoms with Gasteiger partial charge in [-0.15, -0.1) is 0 Å². The third-order valence-electron chi connectivity index (χ3n) is 1.90. The largest absolute Gasteiger partial charge is 0.497 e. The van der Waals surface area contributed by atoms with E-state index in [-0.39, 0.29) is 0 Å². The van der Waals surface area contributed by atoms with E-state index < -0.39 is 0 Å². The molecule has 0 heterocycles. The molecule has 4 heteroatoms. The van der Waals surface area contributed by atoms with Crippen molar-refractivity contribution in [2.75, 3.05) is 13.7 Å². The summed E-state index contributed by atoms with van der Waals surface area (Å²) in [5.41, 5.74) is 6.43. The normalized spacial score (nSPS) is 9.93. The fourth-order valence-corrected chi connectivity index (χ4v) is 1.21. The van der Waals surface area contributed by atoms with Crippen LogP contribution in [0, 0.1) is 0 Å². The SMILES string of the molecule is COc1cccc(COCCC(N)=S)c1. The molecule has 0 spiro atoms. The molecular formula is C11H15NO2S. The van der Waals surface area contributed by atoms with Crippen molar-refractivity contribution in [3.63, 3.8) is 0 Å². The van der Waals surface area contributed by atoms with Crippen molar-refractivity contribution in [1.29, 1.82) is 0 Å². The zero-order chi connectivity index (χ0) is 11.1. The first-order valence-corrected chi connectivity index (χ1v) is 5.12. The Bertz CT molecular complexity index is 328. The molecule has 1 aromatic carbocycles. The highest BCUT2D eigenvalue weighted by Crippen LogP contribution is 2.13. The van der Waals surface area contributed by atoms with Crippen LogP contribution in [0.5, 0.6) is 5.75 Å². The maximum absolute atomic E-state index is 5.41. The predicted octanol–water partition coefficient (Wildman–Crippen LogP) is 1.89. The lowest BCUT2D eigenvalue weighted by Crippen LogP contribution is -2.11. The second-order valence-corrected chi connectivity index (χ2v) is 3.64. The third-order valence-corrected chi connectivity index (χ3v) is 2.10. The van der Waals surface area contributed by atoms with Crippen LogP contribution in [0.4, 0.5) is 0 Å². The van der Waals surface area contributed by atoms with Gasteiger partial charge >= 0.3 is 0 Å². The van der Waals surface area contributed by atoms with Crippen LogP contribution in [0.2, 0.25) is 0 Å². The molecule has 0 aliphatic rings. The van der Waals surface area contributed by atoms with Crippen LogP contribution in [0.15, 0.2) is 24.3 Å². The zero-order valence-electron chi connectivity index (χ0n) is 8.73. The Balaban J connectivity index is 2.33. The van der Waals surface area contributed by atoms with Crippen LogP contribution in [-0.4, -0.2) is 18.7 Å². The number of hydrogen-bond acceptors (Lipinski definition) is 3. The molecule has 1 rings (SSSR count). The van der Waals surface area contributed by atoms with Gasteiger partial charge in [0.15, 0.2) is 0 Å². The number of hydrogen-bond donors (Lipinski definition) is 1. The van der Waals surface area contributed by atoms with Crippen LogP contribution in [-0.2, 0) is 11.3 Å². The molecule has 0 saturated heterocycles. The molecule has 0 atom stereocenters. The second kappa shape index (κ2) is 6.37. The highest BCUT2D eigenvalue weighted by atomic mass is 32.1. The van der Waals surface area contributed by atoms with E-state index in [0.717, 1.165) is 11.3 Å². The first kappa shape index (κ1) is 11.9. The molecule has 1 aromatic rings. The van der Waals surface area contributed by atoms with Gasteiger partial charge < -0.3 is 15.2 Å². The van der Waals surface area contributed by atoms with E-state index in [1.54, 1.807) is 7.11 Å². The molecule has 0 unspecified atom stereocenters. The smallest absolute Gasteiger partial charge is 0.119 e. The summed E-state index contributed by atoms with van der Waals surface area (Å²) < 4.78 is 10.5. The Hall–Kier alpha value is -1.13. The Labute approximate surface area is 95.2 Å². The van der Waals surface area contributed by atoms with Crippen molar-refractivity contribution in [1.82, 2.24) is 0 Å². The van der Waals surface area contributed by atoms with Crippen LogP contribution < -0.4 is 10.5 Å². The van der Waals surface area contributed by atoms with Gasteiger partial charge in [0, 0.05) is 6.42 Å². The maximum Gasteiger partial charge on any atom is 0.119 e. The zero-order valence-corrected chi connectivity index (χ0v) is 9.55. The van der Waals surface area contributed by atoms with Crippen LogP contribution in [0.1, 0.15) is 12.0 Å². The van der Waals surface area contributed by atoms with E-state index in [9.17, 15) is 0 Å². The lowest BCUT2D eigenvalue weighted by atomic mass is 10.2. The summed E-state index contributed by atoms with van der Waals surface area (Å²) in [6, 6.07) is 7.77. The molecule has 15 heavy (non-hydrogen) atoms. The summed E-state index contributed by atoms with van der Waals surface area (Å²) in [5.74, 6) is 0.838. The van der Waals surface area contributed by atoms with Crippen molar-refractivity contribution in [3.8, 4) is 5.75 Å². The van der Waals surface area contributed by atoms with Crippen molar-refractivity contribution < 1.29 is 9.47 Å². The number of rotatable bonds is 6. The van der Waals surface area contributed by atoms with Gasteiger partial charge in [0.05, 0.1) is 25.3 Å². The van der Waals surface area contributed by atoms with Gasteiger partial charge in [-0.05, 0) is 17.7 Å². The van der Waals surface area contributed by atoms with Crippen molar-refractivity contribution in [2.45, 2.75) is 13.0 Å². The van der Waals surface area contributed by atoms with E-state index in [4.69, 9.17) is 27.4 Å². The lowest BCUT2D eigenvalue weighted by molar-refractivity contribution is 0.127. The fraction of sp³-hybridized carbons (Fsp3) is 0.364. The minimum Gasteiger partial charge on any atom is -0.497 e.